The van der Waals surface area contributed by atoms with E-state index in [2.05, 4.69) is 24.0 Å². The van der Waals surface area contributed by atoms with Crippen LogP contribution in [0.2, 0.25) is 0 Å². The van der Waals surface area contributed by atoms with Crippen LogP contribution in [0.1, 0.15) is 44.3 Å². The van der Waals surface area contributed by atoms with Crippen LogP contribution in [-0.2, 0) is 6.54 Å². The van der Waals surface area contributed by atoms with Gasteiger partial charge in [-0.15, -0.1) is 0 Å². The summed E-state index contributed by atoms with van der Waals surface area (Å²) in [7, 11) is 0. The lowest BCUT2D eigenvalue weighted by atomic mass is 10.1. The molecule has 0 spiro atoms. The Balaban J connectivity index is 1.74. The van der Waals surface area contributed by atoms with Gasteiger partial charge in [0.25, 0.3) is 0 Å². The number of nitrogens with one attached hydrogen (secondary N) is 1. The Kier molecular flexibility index (Phi) is 4.31. The highest BCUT2D eigenvalue weighted by atomic mass is 16.3. The van der Waals surface area contributed by atoms with Crippen molar-refractivity contribution in [2.45, 2.75) is 57.2 Å². The van der Waals surface area contributed by atoms with Crippen molar-refractivity contribution >= 4 is 10.9 Å². The van der Waals surface area contributed by atoms with Crippen LogP contribution >= 0.6 is 0 Å². The highest BCUT2D eigenvalue weighted by molar-refractivity contribution is 5.93. The van der Waals surface area contributed by atoms with Gasteiger partial charge < -0.3 is 15.8 Å². The van der Waals surface area contributed by atoms with Gasteiger partial charge in [-0.05, 0) is 25.3 Å². The van der Waals surface area contributed by atoms with Crippen molar-refractivity contribution in [1.29, 1.82) is 0 Å². The summed E-state index contributed by atoms with van der Waals surface area (Å²) in [6.07, 6.45) is 5.12. The molecule has 3 atom stereocenters. The van der Waals surface area contributed by atoms with Gasteiger partial charge in [0, 0.05) is 41.2 Å². The fourth-order valence-corrected chi connectivity index (χ4v) is 3.76. The number of nitrogens with zero attached hydrogens (tertiary/aromatic N) is 3. The fourth-order valence-electron chi connectivity index (χ4n) is 3.76. The highest BCUT2D eigenvalue weighted by Crippen LogP contribution is 2.35. The van der Waals surface area contributed by atoms with Gasteiger partial charge in [0.2, 0.25) is 0 Å². The SMILES string of the molecule is CCCCn1nc(-c2c[nH]c3ccccc23)nc1[C@H]1C[C@H](N)[C@@H](O)C1. The van der Waals surface area contributed by atoms with E-state index in [0.29, 0.717) is 6.42 Å². The van der Waals surface area contributed by atoms with Gasteiger partial charge in [-0.2, -0.15) is 5.10 Å². The number of hydrogen-bond donors (Lipinski definition) is 3. The van der Waals surface area contributed by atoms with Crippen molar-refractivity contribution in [3.05, 3.63) is 36.3 Å². The molecule has 2 heterocycles. The number of aliphatic hydroxyl groups is 1. The molecule has 0 radical (unpaired) electrons. The second kappa shape index (κ2) is 6.61. The molecule has 0 bridgehead atoms. The van der Waals surface area contributed by atoms with E-state index in [0.717, 1.165) is 53.9 Å². The summed E-state index contributed by atoms with van der Waals surface area (Å²) in [5.74, 6) is 1.88. The highest BCUT2D eigenvalue weighted by Gasteiger charge is 2.34. The third-order valence-electron chi connectivity index (χ3n) is 5.20. The predicted molar refractivity (Wildman–Crippen MR) is 98.2 cm³/mol. The topological polar surface area (TPSA) is 92.8 Å². The summed E-state index contributed by atoms with van der Waals surface area (Å²) in [4.78, 5) is 8.16. The van der Waals surface area contributed by atoms with E-state index in [9.17, 15) is 5.11 Å². The number of aromatic nitrogens is 4. The van der Waals surface area contributed by atoms with Crippen LogP contribution in [0.4, 0.5) is 0 Å². The minimum absolute atomic E-state index is 0.169. The quantitative estimate of drug-likeness (QED) is 0.666. The Morgan fingerprint density at radius 2 is 2.16 bits per heavy atom. The molecule has 6 nitrogen and oxygen atoms in total. The summed E-state index contributed by atoms with van der Waals surface area (Å²) in [5, 5.41) is 16.0. The van der Waals surface area contributed by atoms with Crippen LogP contribution in [-0.4, -0.2) is 37.0 Å². The number of aromatic amines is 1. The molecule has 1 fully saturated rings. The van der Waals surface area contributed by atoms with Crippen molar-refractivity contribution < 1.29 is 5.11 Å². The minimum atomic E-state index is -0.446. The number of para-hydroxylation sites is 1. The molecular weight excluding hydrogens is 314 g/mol. The molecule has 0 aliphatic heterocycles. The van der Waals surface area contributed by atoms with Gasteiger partial charge in [0.1, 0.15) is 5.82 Å². The Morgan fingerprint density at radius 1 is 1.32 bits per heavy atom. The maximum absolute atomic E-state index is 10.0. The van der Waals surface area contributed by atoms with Gasteiger partial charge in [-0.1, -0.05) is 31.5 Å². The van der Waals surface area contributed by atoms with Gasteiger partial charge in [-0.25, -0.2) is 9.67 Å². The fraction of sp³-hybridized carbons (Fsp3) is 0.474. The first-order valence-corrected chi connectivity index (χ1v) is 9.12. The number of H-pyrrole nitrogens is 1. The maximum atomic E-state index is 10.0. The van der Waals surface area contributed by atoms with Crippen molar-refractivity contribution in [1.82, 2.24) is 19.7 Å². The number of benzene rings is 1. The molecule has 4 N–H and O–H groups in total. The molecule has 1 aromatic carbocycles. The number of aryl methyl sites for hydroxylation is 1. The molecule has 3 aromatic rings. The van der Waals surface area contributed by atoms with Gasteiger partial charge >= 0.3 is 0 Å². The van der Waals surface area contributed by atoms with Crippen molar-refractivity contribution in [3.8, 4) is 11.4 Å². The average molecular weight is 339 g/mol. The molecule has 1 saturated carbocycles. The standard InChI is InChI=1S/C19H25N5O/c1-2-3-8-24-19(12-9-15(20)17(25)10-12)22-18(23-24)14-11-21-16-7-5-4-6-13(14)16/h4-7,11-12,15,17,21,25H,2-3,8-10,20H2,1H3/t12-,15-,17-/m0/s1. The smallest absolute Gasteiger partial charge is 0.183 e. The first kappa shape index (κ1) is 16.3. The van der Waals surface area contributed by atoms with Gasteiger partial charge in [0.05, 0.1) is 6.10 Å². The normalized spacial score (nSPS) is 23.6. The summed E-state index contributed by atoms with van der Waals surface area (Å²) in [6.45, 7) is 3.02. The van der Waals surface area contributed by atoms with Crippen LogP contribution in [0, 0.1) is 0 Å². The molecule has 6 heteroatoms. The molecule has 4 rings (SSSR count). The summed E-state index contributed by atoms with van der Waals surface area (Å²) >= 11 is 0. The molecule has 25 heavy (non-hydrogen) atoms. The third kappa shape index (κ3) is 2.96. The maximum Gasteiger partial charge on any atom is 0.183 e. The Hall–Kier alpha value is -2.18. The number of aliphatic hydroxyl groups excluding tert-OH is 1. The van der Waals surface area contributed by atoms with Gasteiger partial charge in [0.15, 0.2) is 5.82 Å². The minimum Gasteiger partial charge on any atom is -0.391 e. The van der Waals surface area contributed by atoms with E-state index >= 15 is 0 Å². The summed E-state index contributed by atoms with van der Waals surface area (Å²) < 4.78 is 2.02. The average Bonchev–Trinajstić information content (AvgIpc) is 3.30. The van der Waals surface area contributed by atoms with Crippen LogP contribution < -0.4 is 5.73 Å². The van der Waals surface area contributed by atoms with Crippen LogP contribution in [0.3, 0.4) is 0 Å². The largest absolute Gasteiger partial charge is 0.391 e. The third-order valence-corrected chi connectivity index (χ3v) is 5.20. The second-order valence-electron chi connectivity index (χ2n) is 7.02. The number of hydrogen-bond acceptors (Lipinski definition) is 4. The van der Waals surface area contributed by atoms with E-state index in [1.54, 1.807) is 0 Å². The lowest BCUT2D eigenvalue weighted by Crippen LogP contribution is -2.28. The summed E-state index contributed by atoms with van der Waals surface area (Å²) in [5.41, 5.74) is 8.13. The lowest BCUT2D eigenvalue weighted by Gasteiger charge is -2.10. The second-order valence-corrected chi connectivity index (χ2v) is 7.02. The number of nitrogens with two attached hydrogens (primary N) is 1. The van der Waals surface area contributed by atoms with E-state index in [1.807, 2.05) is 23.0 Å². The predicted octanol–water partition coefficient (Wildman–Crippen LogP) is 2.79. The van der Waals surface area contributed by atoms with Crippen molar-refractivity contribution in [3.63, 3.8) is 0 Å². The van der Waals surface area contributed by atoms with E-state index < -0.39 is 6.10 Å². The molecule has 2 aromatic heterocycles. The number of fused-ring (bicyclic) bond motifs is 1. The first-order chi connectivity index (χ1) is 12.2. The molecule has 0 unspecified atom stereocenters. The molecular formula is C19H25N5O. The first-order valence-electron chi connectivity index (χ1n) is 9.12. The summed E-state index contributed by atoms with van der Waals surface area (Å²) in [6, 6.07) is 8.02. The van der Waals surface area contributed by atoms with Crippen LogP contribution in [0.5, 0.6) is 0 Å². The Morgan fingerprint density at radius 3 is 2.92 bits per heavy atom. The molecule has 1 aliphatic rings. The number of rotatable bonds is 5. The zero-order chi connectivity index (χ0) is 17.4. The van der Waals surface area contributed by atoms with Crippen LogP contribution in [0.15, 0.2) is 30.5 Å². The van der Waals surface area contributed by atoms with Crippen LogP contribution in [0.25, 0.3) is 22.3 Å². The monoisotopic (exact) mass is 339 g/mol. The Labute approximate surface area is 147 Å². The zero-order valence-corrected chi connectivity index (χ0v) is 14.5. The van der Waals surface area contributed by atoms with E-state index in [4.69, 9.17) is 15.8 Å². The Bertz CT molecular complexity index is 858. The number of unbranched alkanes of at least 4 members (excludes halogenated alkanes) is 1. The molecule has 0 saturated heterocycles. The lowest BCUT2D eigenvalue weighted by molar-refractivity contribution is 0.163. The zero-order valence-electron chi connectivity index (χ0n) is 14.5. The van der Waals surface area contributed by atoms with Crippen molar-refractivity contribution in [2.75, 3.05) is 0 Å². The van der Waals surface area contributed by atoms with Gasteiger partial charge in [-0.3, -0.25) is 0 Å². The van der Waals surface area contributed by atoms with Crippen molar-refractivity contribution in [2.24, 2.45) is 5.73 Å². The molecule has 1 aliphatic carbocycles. The molecule has 132 valence electrons. The van der Waals surface area contributed by atoms with E-state index in [-0.39, 0.29) is 12.0 Å². The molecule has 0 amide bonds. The van der Waals surface area contributed by atoms with E-state index in [1.165, 1.54) is 0 Å².